The van der Waals surface area contributed by atoms with Crippen molar-refractivity contribution in [2.24, 2.45) is 11.5 Å². The maximum Gasteiger partial charge on any atom is 0.131 e. The lowest BCUT2D eigenvalue weighted by molar-refractivity contribution is 0.520. The second kappa shape index (κ2) is 14.8. The number of hydrogen-bond acceptors (Lipinski definition) is 5. The van der Waals surface area contributed by atoms with E-state index in [0.717, 1.165) is 24.3 Å². The van der Waals surface area contributed by atoms with Crippen LogP contribution in [-0.4, -0.2) is 33.2 Å². The van der Waals surface area contributed by atoms with Crippen molar-refractivity contribution in [2.75, 3.05) is 24.6 Å². The fraction of sp³-hybridized carbons (Fsp3) is 0.833. The predicted octanol–water partition coefficient (Wildman–Crippen LogP) is 2.87. The SMILES string of the molecule is C1CCNCC1.NC(=S)SCCCCCSC(N)=S. The fourth-order valence-corrected chi connectivity index (χ4v) is 3.13. The normalized spacial score (nSPS) is 14.3. The molecule has 7 heteroatoms. The van der Waals surface area contributed by atoms with Crippen LogP contribution in [0.25, 0.3) is 0 Å². The molecule has 1 aliphatic heterocycles. The van der Waals surface area contributed by atoms with Crippen molar-refractivity contribution >= 4 is 56.6 Å². The highest BCUT2D eigenvalue weighted by Gasteiger charge is 1.94. The Kier molecular flexibility index (Phi) is 15.2. The van der Waals surface area contributed by atoms with Crippen LogP contribution in [0.15, 0.2) is 0 Å². The van der Waals surface area contributed by atoms with Gasteiger partial charge in [-0.3, -0.25) is 0 Å². The molecule has 0 aliphatic carbocycles. The molecule has 1 heterocycles. The van der Waals surface area contributed by atoms with Crippen LogP contribution >= 0.6 is 48.0 Å². The van der Waals surface area contributed by atoms with E-state index in [2.05, 4.69) is 5.32 Å². The first kappa shape index (κ1) is 19.4. The van der Waals surface area contributed by atoms with E-state index in [0.29, 0.717) is 8.64 Å². The first-order valence-electron chi connectivity index (χ1n) is 6.68. The van der Waals surface area contributed by atoms with Crippen molar-refractivity contribution in [2.45, 2.75) is 38.5 Å². The number of nitrogens with one attached hydrogen (secondary N) is 1. The van der Waals surface area contributed by atoms with Gasteiger partial charge in [0.25, 0.3) is 0 Å². The highest BCUT2D eigenvalue weighted by atomic mass is 32.2. The molecule has 0 unspecified atom stereocenters. The van der Waals surface area contributed by atoms with Crippen LogP contribution in [-0.2, 0) is 0 Å². The summed E-state index contributed by atoms with van der Waals surface area (Å²) in [4.78, 5) is 0. The van der Waals surface area contributed by atoms with Crippen LogP contribution in [0.1, 0.15) is 38.5 Å². The summed E-state index contributed by atoms with van der Waals surface area (Å²) in [6.07, 6.45) is 7.71. The summed E-state index contributed by atoms with van der Waals surface area (Å²) >= 11 is 12.6. The second-order valence-corrected chi connectivity index (χ2v) is 7.88. The molecule has 0 aromatic carbocycles. The Labute approximate surface area is 136 Å². The van der Waals surface area contributed by atoms with Crippen LogP contribution in [0.5, 0.6) is 0 Å². The molecule has 1 fully saturated rings. The molecule has 0 radical (unpaired) electrons. The van der Waals surface area contributed by atoms with Gasteiger partial charge in [-0.1, -0.05) is 60.8 Å². The highest BCUT2D eigenvalue weighted by Crippen LogP contribution is 2.09. The summed E-state index contributed by atoms with van der Waals surface area (Å²) in [6, 6.07) is 0. The third-order valence-corrected chi connectivity index (χ3v) is 4.75. The summed E-state index contributed by atoms with van der Waals surface area (Å²) in [6.45, 7) is 2.50. The largest absolute Gasteiger partial charge is 0.385 e. The van der Waals surface area contributed by atoms with Gasteiger partial charge in [0, 0.05) is 11.5 Å². The van der Waals surface area contributed by atoms with Gasteiger partial charge in [-0.25, -0.2) is 0 Å². The Bertz CT molecular complexity index is 216. The van der Waals surface area contributed by atoms with Gasteiger partial charge in [-0.15, -0.1) is 0 Å². The number of hydrogen-bond donors (Lipinski definition) is 3. The van der Waals surface area contributed by atoms with Gasteiger partial charge < -0.3 is 16.8 Å². The predicted molar refractivity (Wildman–Crippen MR) is 99.1 cm³/mol. The fourth-order valence-electron chi connectivity index (χ4n) is 1.53. The van der Waals surface area contributed by atoms with Crippen molar-refractivity contribution in [1.29, 1.82) is 0 Å². The minimum Gasteiger partial charge on any atom is -0.385 e. The van der Waals surface area contributed by atoms with Crippen molar-refractivity contribution in [3.63, 3.8) is 0 Å². The maximum atomic E-state index is 5.33. The molecule has 19 heavy (non-hydrogen) atoms. The molecule has 5 N–H and O–H groups in total. The molecule has 0 bridgehead atoms. The summed E-state index contributed by atoms with van der Waals surface area (Å²) in [5.74, 6) is 2.04. The Balaban J connectivity index is 0.000000443. The molecular formula is C12H25N3S4. The van der Waals surface area contributed by atoms with Crippen LogP contribution in [0.2, 0.25) is 0 Å². The van der Waals surface area contributed by atoms with E-state index in [9.17, 15) is 0 Å². The highest BCUT2D eigenvalue weighted by molar-refractivity contribution is 8.23. The summed E-state index contributed by atoms with van der Waals surface area (Å²) in [7, 11) is 0. The number of piperidine rings is 1. The zero-order valence-electron chi connectivity index (χ0n) is 11.4. The minimum atomic E-state index is 0.539. The van der Waals surface area contributed by atoms with E-state index in [4.69, 9.17) is 35.9 Å². The Morgan fingerprint density at radius 3 is 1.58 bits per heavy atom. The minimum absolute atomic E-state index is 0.539. The molecule has 0 atom stereocenters. The molecule has 112 valence electrons. The lowest BCUT2D eigenvalue weighted by Gasteiger charge is -2.08. The monoisotopic (exact) mass is 339 g/mol. The molecule has 0 amide bonds. The zero-order chi connectivity index (χ0) is 14.3. The summed E-state index contributed by atoms with van der Waals surface area (Å²) in [5, 5.41) is 3.28. The quantitative estimate of drug-likeness (QED) is 0.508. The summed E-state index contributed by atoms with van der Waals surface area (Å²) < 4.78 is 1.08. The van der Waals surface area contributed by atoms with Gasteiger partial charge >= 0.3 is 0 Å². The first-order chi connectivity index (χ1) is 9.13. The number of unbranched alkanes of at least 4 members (excludes halogenated alkanes) is 2. The molecule has 0 saturated carbocycles. The average molecular weight is 340 g/mol. The topological polar surface area (TPSA) is 64.1 Å². The van der Waals surface area contributed by atoms with Crippen molar-refractivity contribution in [3.05, 3.63) is 0 Å². The smallest absolute Gasteiger partial charge is 0.131 e. The molecule has 0 aromatic rings. The number of thiocarbonyl (C=S) groups is 2. The van der Waals surface area contributed by atoms with E-state index in [-0.39, 0.29) is 0 Å². The number of thioether (sulfide) groups is 2. The van der Waals surface area contributed by atoms with Crippen LogP contribution < -0.4 is 16.8 Å². The third-order valence-electron chi connectivity index (χ3n) is 2.48. The zero-order valence-corrected chi connectivity index (χ0v) is 14.6. The lowest BCUT2D eigenvalue weighted by Crippen LogP contribution is -2.21. The maximum absolute atomic E-state index is 5.33. The van der Waals surface area contributed by atoms with E-state index in [1.807, 2.05) is 0 Å². The molecule has 1 aliphatic rings. The Morgan fingerprint density at radius 2 is 1.32 bits per heavy atom. The first-order valence-corrected chi connectivity index (χ1v) is 9.47. The van der Waals surface area contributed by atoms with Gasteiger partial charge in [-0.05, 0) is 38.8 Å². The number of rotatable bonds is 6. The Hall–Kier alpha value is 0.440. The standard InChI is InChI=1S/C7H14N2S4.C5H11N/c8-6(10)12-4-2-1-3-5-13-7(9)11;1-2-4-6-5-3-1/h1-5H2,(H2,8,10)(H2,9,11);6H,1-5H2. The molecule has 1 rings (SSSR count). The van der Waals surface area contributed by atoms with Crippen LogP contribution in [0.4, 0.5) is 0 Å². The van der Waals surface area contributed by atoms with E-state index in [1.54, 1.807) is 23.5 Å². The van der Waals surface area contributed by atoms with Crippen molar-refractivity contribution < 1.29 is 0 Å². The molecule has 1 saturated heterocycles. The second-order valence-electron chi connectivity index (χ2n) is 4.21. The number of nitrogens with two attached hydrogens (primary N) is 2. The summed E-state index contributed by atoms with van der Waals surface area (Å²) in [5.41, 5.74) is 10.7. The molecule has 0 aromatic heterocycles. The third kappa shape index (κ3) is 18.4. The molecule has 0 spiro atoms. The van der Waals surface area contributed by atoms with Gasteiger partial charge in [0.2, 0.25) is 0 Å². The van der Waals surface area contributed by atoms with Crippen LogP contribution in [0, 0.1) is 0 Å². The lowest BCUT2D eigenvalue weighted by atomic mass is 10.2. The Morgan fingerprint density at radius 1 is 0.842 bits per heavy atom. The molecular weight excluding hydrogens is 314 g/mol. The molecule has 3 nitrogen and oxygen atoms in total. The van der Waals surface area contributed by atoms with E-state index < -0.39 is 0 Å². The average Bonchev–Trinajstić information content (AvgIpc) is 2.40. The van der Waals surface area contributed by atoms with Crippen LogP contribution in [0.3, 0.4) is 0 Å². The van der Waals surface area contributed by atoms with Gasteiger partial charge in [0.05, 0.1) is 0 Å². The van der Waals surface area contributed by atoms with Gasteiger partial charge in [0.15, 0.2) is 0 Å². The van der Waals surface area contributed by atoms with Gasteiger partial charge in [0.1, 0.15) is 8.64 Å². The van der Waals surface area contributed by atoms with Gasteiger partial charge in [-0.2, -0.15) is 0 Å². The van der Waals surface area contributed by atoms with Crippen molar-refractivity contribution in [1.82, 2.24) is 5.32 Å². The van der Waals surface area contributed by atoms with Crippen molar-refractivity contribution in [3.8, 4) is 0 Å². The van der Waals surface area contributed by atoms with E-state index >= 15 is 0 Å². The van der Waals surface area contributed by atoms with E-state index in [1.165, 1.54) is 38.8 Å².